The van der Waals surface area contributed by atoms with Gasteiger partial charge in [0.25, 0.3) is 5.56 Å². The van der Waals surface area contributed by atoms with Crippen LogP contribution in [0.25, 0.3) is 28.0 Å². The molecule has 0 fully saturated rings. The highest BCUT2D eigenvalue weighted by atomic mass is 35.5. The molecule has 0 atom stereocenters. The fourth-order valence-electron chi connectivity index (χ4n) is 3.31. The van der Waals surface area contributed by atoms with Crippen LogP contribution in [0.3, 0.4) is 0 Å². The molecule has 0 aliphatic carbocycles. The number of thioether (sulfide) groups is 1. The minimum Gasteiger partial charge on any atom is -0.338 e. The maximum Gasteiger partial charge on any atom is 0.266 e. The third kappa shape index (κ3) is 4.24. The average Bonchev–Trinajstić information content (AvgIpc) is 3.32. The van der Waals surface area contributed by atoms with Gasteiger partial charge in [-0.15, -0.1) is 0 Å². The molecular formula is C24H14ClN5O2S. The number of aromatic nitrogens is 4. The number of halogens is 1. The number of fused-ring (bicyclic) bond motifs is 1. The molecule has 33 heavy (non-hydrogen) atoms. The Hall–Kier alpha value is -3.93. The van der Waals surface area contributed by atoms with Crippen molar-refractivity contribution in [2.24, 2.45) is 0 Å². The summed E-state index contributed by atoms with van der Waals surface area (Å²) in [6, 6.07) is 23.3. The summed E-state index contributed by atoms with van der Waals surface area (Å²) in [7, 11) is 0. The Bertz CT molecular complexity index is 1570. The Morgan fingerprint density at radius 1 is 1.03 bits per heavy atom. The van der Waals surface area contributed by atoms with Gasteiger partial charge in [0.15, 0.2) is 5.16 Å². The summed E-state index contributed by atoms with van der Waals surface area (Å²) in [5.74, 6) is 1.14. The average molecular weight is 472 g/mol. The second kappa shape index (κ2) is 8.90. The van der Waals surface area contributed by atoms with Gasteiger partial charge >= 0.3 is 0 Å². The molecule has 0 bridgehead atoms. The number of hydrogen-bond acceptors (Lipinski definition) is 7. The van der Waals surface area contributed by atoms with E-state index in [9.17, 15) is 4.79 Å². The number of rotatable bonds is 5. The maximum atomic E-state index is 13.3. The van der Waals surface area contributed by atoms with Crippen LogP contribution in [0.2, 0.25) is 5.02 Å². The monoisotopic (exact) mass is 471 g/mol. The van der Waals surface area contributed by atoms with Gasteiger partial charge in [0.2, 0.25) is 11.7 Å². The molecule has 0 unspecified atom stereocenters. The minimum absolute atomic E-state index is 0.196. The van der Waals surface area contributed by atoms with Crippen molar-refractivity contribution in [3.05, 3.63) is 99.6 Å². The van der Waals surface area contributed by atoms with E-state index in [0.717, 1.165) is 5.56 Å². The molecule has 0 aliphatic rings. The van der Waals surface area contributed by atoms with E-state index >= 15 is 0 Å². The fourth-order valence-corrected chi connectivity index (χ4v) is 4.35. The van der Waals surface area contributed by atoms with E-state index < -0.39 is 0 Å². The van der Waals surface area contributed by atoms with E-state index in [-0.39, 0.29) is 5.56 Å². The van der Waals surface area contributed by atoms with Gasteiger partial charge in [-0.05, 0) is 48.5 Å². The molecule has 0 aliphatic heterocycles. The van der Waals surface area contributed by atoms with Crippen molar-refractivity contribution in [1.29, 1.82) is 5.26 Å². The Balaban J connectivity index is 1.51. The lowest BCUT2D eigenvalue weighted by molar-refractivity contribution is 0.391. The molecule has 0 radical (unpaired) electrons. The van der Waals surface area contributed by atoms with Gasteiger partial charge < -0.3 is 4.52 Å². The smallest absolute Gasteiger partial charge is 0.266 e. The molecule has 5 rings (SSSR count). The summed E-state index contributed by atoms with van der Waals surface area (Å²) < 4.78 is 6.93. The Morgan fingerprint density at radius 3 is 2.64 bits per heavy atom. The normalized spacial score (nSPS) is 10.9. The highest BCUT2D eigenvalue weighted by molar-refractivity contribution is 7.98. The van der Waals surface area contributed by atoms with E-state index in [1.54, 1.807) is 54.6 Å². The van der Waals surface area contributed by atoms with E-state index in [0.29, 0.717) is 49.8 Å². The molecule has 2 heterocycles. The van der Waals surface area contributed by atoms with Crippen molar-refractivity contribution in [2.45, 2.75) is 10.9 Å². The van der Waals surface area contributed by atoms with Gasteiger partial charge in [-0.2, -0.15) is 10.2 Å². The summed E-state index contributed by atoms with van der Waals surface area (Å²) in [5, 5.41) is 14.7. The zero-order valence-corrected chi connectivity index (χ0v) is 18.5. The SMILES string of the molecule is N#Cc1ccc(-n2c(SCc3nc(-c4cccc(Cl)c4)no3)nc3ccccc3c2=O)cc1. The van der Waals surface area contributed by atoms with Gasteiger partial charge in [-0.1, -0.05) is 52.8 Å². The summed E-state index contributed by atoms with van der Waals surface area (Å²) in [4.78, 5) is 22.5. The van der Waals surface area contributed by atoms with Crippen LogP contribution in [0.1, 0.15) is 11.5 Å². The van der Waals surface area contributed by atoms with E-state index in [1.807, 2.05) is 18.2 Å². The van der Waals surface area contributed by atoms with Gasteiger partial charge in [-0.3, -0.25) is 9.36 Å². The Kier molecular flexibility index (Phi) is 5.65. The number of hydrogen-bond donors (Lipinski definition) is 0. The van der Waals surface area contributed by atoms with E-state index in [2.05, 4.69) is 16.2 Å². The predicted molar refractivity (Wildman–Crippen MR) is 126 cm³/mol. The fraction of sp³-hybridized carbons (Fsp3) is 0.0417. The first-order valence-corrected chi connectivity index (χ1v) is 11.2. The van der Waals surface area contributed by atoms with Crippen molar-refractivity contribution < 1.29 is 4.52 Å². The van der Waals surface area contributed by atoms with Gasteiger partial charge in [0, 0.05) is 10.6 Å². The lowest BCUT2D eigenvalue weighted by Crippen LogP contribution is -2.21. The van der Waals surface area contributed by atoms with Crippen LogP contribution in [0.4, 0.5) is 0 Å². The molecule has 0 spiro atoms. The van der Waals surface area contributed by atoms with Crippen molar-refractivity contribution >= 4 is 34.3 Å². The molecule has 0 saturated heterocycles. The van der Waals surface area contributed by atoms with Crippen LogP contribution in [-0.2, 0) is 5.75 Å². The van der Waals surface area contributed by atoms with E-state index in [4.69, 9.17) is 26.4 Å². The number of nitriles is 1. The zero-order valence-electron chi connectivity index (χ0n) is 17.0. The molecule has 3 aromatic carbocycles. The van der Waals surface area contributed by atoms with Gasteiger partial charge in [0.05, 0.1) is 34.0 Å². The maximum absolute atomic E-state index is 13.3. The van der Waals surface area contributed by atoms with Crippen LogP contribution < -0.4 is 5.56 Å². The van der Waals surface area contributed by atoms with Crippen molar-refractivity contribution in [1.82, 2.24) is 19.7 Å². The zero-order chi connectivity index (χ0) is 22.8. The number of benzene rings is 3. The summed E-state index contributed by atoms with van der Waals surface area (Å²) in [5.41, 5.74) is 2.28. The molecule has 5 aromatic rings. The molecular weight excluding hydrogens is 458 g/mol. The highest BCUT2D eigenvalue weighted by Gasteiger charge is 2.16. The second-order valence-electron chi connectivity index (χ2n) is 7.02. The third-order valence-corrected chi connectivity index (χ3v) is 6.03. The predicted octanol–water partition coefficient (Wildman–Crippen LogP) is 5.25. The first kappa shape index (κ1) is 20.9. The van der Waals surface area contributed by atoms with Crippen LogP contribution in [-0.4, -0.2) is 19.7 Å². The minimum atomic E-state index is -0.196. The molecule has 7 nitrogen and oxygen atoms in total. The highest BCUT2D eigenvalue weighted by Crippen LogP contribution is 2.26. The molecule has 2 aromatic heterocycles. The second-order valence-corrected chi connectivity index (χ2v) is 8.40. The summed E-state index contributed by atoms with van der Waals surface area (Å²) in [6.45, 7) is 0. The van der Waals surface area contributed by atoms with Crippen molar-refractivity contribution in [3.8, 4) is 23.1 Å². The Labute approximate surface area is 197 Å². The van der Waals surface area contributed by atoms with Crippen LogP contribution in [0, 0.1) is 11.3 Å². The quantitative estimate of drug-likeness (QED) is 0.255. The first-order valence-electron chi connectivity index (χ1n) is 9.86. The first-order chi connectivity index (χ1) is 16.1. The van der Waals surface area contributed by atoms with Gasteiger partial charge in [-0.25, -0.2) is 4.98 Å². The molecule has 160 valence electrons. The molecule has 9 heteroatoms. The molecule has 0 saturated carbocycles. The van der Waals surface area contributed by atoms with Crippen molar-refractivity contribution in [3.63, 3.8) is 0 Å². The van der Waals surface area contributed by atoms with Gasteiger partial charge in [0.1, 0.15) is 0 Å². The third-order valence-electron chi connectivity index (χ3n) is 4.88. The lowest BCUT2D eigenvalue weighted by atomic mass is 10.2. The molecule has 0 amide bonds. The van der Waals surface area contributed by atoms with Crippen molar-refractivity contribution in [2.75, 3.05) is 0 Å². The van der Waals surface area contributed by atoms with Crippen LogP contribution >= 0.6 is 23.4 Å². The lowest BCUT2D eigenvalue weighted by Gasteiger charge is -2.12. The largest absolute Gasteiger partial charge is 0.338 e. The number of nitrogens with zero attached hydrogens (tertiary/aromatic N) is 5. The number of para-hydroxylation sites is 1. The summed E-state index contributed by atoms with van der Waals surface area (Å²) in [6.07, 6.45) is 0. The standard InChI is InChI=1S/C24H14ClN5O2S/c25-17-5-3-4-16(12-17)22-28-21(32-29-22)14-33-24-27-20-7-2-1-6-19(20)23(31)30(24)18-10-8-15(13-26)9-11-18/h1-12H,14H2. The Morgan fingerprint density at radius 2 is 1.85 bits per heavy atom. The van der Waals surface area contributed by atoms with E-state index in [1.165, 1.54) is 16.3 Å². The van der Waals surface area contributed by atoms with Crippen LogP contribution in [0.15, 0.2) is 87.3 Å². The van der Waals surface area contributed by atoms with Crippen LogP contribution in [0.5, 0.6) is 0 Å². The topological polar surface area (TPSA) is 97.6 Å². The molecule has 0 N–H and O–H groups in total. The summed E-state index contributed by atoms with van der Waals surface area (Å²) >= 11 is 7.36.